The Hall–Kier alpha value is -2.64. The van der Waals surface area contributed by atoms with Crippen LogP contribution in [0.25, 0.3) is 11.0 Å². The maximum atomic E-state index is 12.2. The number of aliphatic hydroxyl groups is 2. The maximum absolute atomic E-state index is 12.2. The third-order valence-corrected chi connectivity index (χ3v) is 4.26. The van der Waals surface area contributed by atoms with Gasteiger partial charge < -0.3 is 24.1 Å². The lowest BCUT2D eigenvalue weighted by Crippen LogP contribution is -2.44. The number of benzene rings is 1. The summed E-state index contributed by atoms with van der Waals surface area (Å²) < 4.78 is 15.8. The van der Waals surface area contributed by atoms with Crippen LogP contribution in [-0.4, -0.2) is 35.0 Å². The zero-order chi connectivity index (χ0) is 20.4. The molecule has 0 unspecified atom stereocenters. The van der Waals surface area contributed by atoms with Gasteiger partial charge in [-0.1, -0.05) is 6.08 Å². The van der Waals surface area contributed by atoms with E-state index in [1.807, 2.05) is 0 Å². The van der Waals surface area contributed by atoms with Crippen molar-refractivity contribution in [1.29, 1.82) is 0 Å². The number of esters is 1. The molecule has 0 saturated carbocycles. The van der Waals surface area contributed by atoms with Gasteiger partial charge in [0.05, 0.1) is 12.7 Å². The number of hydrogen-bond donors (Lipinski definition) is 2. The third kappa shape index (κ3) is 4.56. The number of fused-ring (bicyclic) bond motifs is 1. The van der Waals surface area contributed by atoms with Crippen molar-refractivity contribution in [3.8, 4) is 5.75 Å². The molecule has 7 heteroatoms. The molecule has 0 spiro atoms. The second kappa shape index (κ2) is 7.94. The summed E-state index contributed by atoms with van der Waals surface area (Å²) in [6.07, 6.45) is -1.07. The molecule has 0 amide bonds. The molecule has 0 aliphatic carbocycles. The van der Waals surface area contributed by atoms with E-state index in [0.29, 0.717) is 11.0 Å². The summed E-state index contributed by atoms with van der Waals surface area (Å²) in [5.74, 6) is -0.410. The number of ether oxygens (including phenoxy) is 2. The average molecular weight is 376 g/mol. The number of rotatable bonds is 6. The summed E-state index contributed by atoms with van der Waals surface area (Å²) in [6, 6.07) is 5.84. The van der Waals surface area contributed by atoms with E-state index in [2.05, 4.69) is 0 Å². The van der Waals surface area contributed by atoms with E-state index in [9.17, 15) is 19.8 Å². The maximum Gasteiger partial charge on any atom is 0.336 e. The minimum atomic E-state index is -1.54. The van der Waals surface area contributed by atoms with Crippen LogP contribution in [-0.2, 0) is 9.53 Å². The molecule has 2 rings (SSSR count). The van der Waals surface area contributed by atoms with Crippen molar-refractivity contribution < 1.29 is 28.9 Å². The van der Waals surface area contributed by atoms with E-state index in [0.717, 1.165) is 0 Å². The summed E-state index contributed by atoms with van der Waals surface area (Å²) in [5.41, 5.74) is -1.12. The standard InChI is InChI=1S/C20H24O7/c1-6-11(2)19(23)27-18(20(3,4)24)17(22)13-9-12-7-8-16(21)26-14(12)10-15(13)25-5/h6-10,17-18,22,24H,1-5H3/b11-6-/t17-,18+/m0/s1. The molecule has 0 aliphatic heterocycles. The fourth-order valence-corrected chi connectivity index (χ4v) is 2.61. The molecular weight excluding hydrogens is 352 g/mol. The molecular formula is C20H24O7. The van der Waals surface area contributed by atoms with E-state index in [-0.39, 0.29) is 16.9 Å². The van der Waals surface area contributed by atoms with Crippen LogP contribution in [0, 0.1) is 0 Å². The lowest BCUT2D eigenvalue weighted by Gasteiger charge is -2.33. The minimum absolute atomic E-state index is 0.234. The Labute approximate surface area is 156 Å². The van der Waals surface area contributed by atoms with E-state index in [1.54, 1.807) is 32.1 Å². The van der Waals surface area contributed by atoms with Crippen LogP contribution in [0.15, 0.2) is 45.1 Å². The van der Waals surface area contributed by atoms with Gasteiger partial charge in [0, 0.05) is 28.7 Å². The molecule has 7 nitrogen and oxygen atoms in total. The van der Waals surface area contributed by atoms with Gasteiger partial charge in [0.25, 0.3) is 0 Å². The fourth-order valence-electron chi connectivity index (χ4n) is 2.61. The van der Waals surface area contributed by atoms with Gasteiger partial charge in [0.2, 0.25) is 0 Å². The number of methoxy groups -OCH3 is 1. The lowest BCUT2D eigenvalue weighted by atomic mass is 9.91. The Morgan fingerprint density at radius 2 is 1.96 bits per heavy atom. The van der Waals surface area contributed by atoms with Gasteiger partial charge in [-0.3, -0.25) is 0 Å². The third-order valence-electron chi connectivity index (χ3n) is 4.26. The fraction of sp³-hybridized carbons (Fsp3) is 0.400. The molecule has 1 aromatic carbocycles. The van der Waals surface area contributed by atoms with Crippen molar-refractivity contribution in [3.63, 3.8) is 0 Å². The molecule has 2 aromatic rings. The van der Waals surface area contributed by atoms with Gasteiger partial charge in [0.15, 0.2) is 6.10 Å². The molecule has 2 N–H and O–H groups in total. The molecule has 0 radical (unpaired) electrons. The predicted molar refractivity (Wildman–Crippen MR) is 99.6 cm³/mol. The largest absolute Gasteiger partial charge is 0.496 e. The smallest absolute Gasteiger partial charge is 0.336 e. The first-order valence-electron chi connectivity index (χ1n) is 8.44. The van der Waals surface area contributed by atoms with Gasteiger partial charge >= 0.3 is 11.6 Å². The Bertz CT molecular complexity index is 918. The highest BCUT2D eigenvalue weighted by Crippen LogP contribution is 2.35. The van der Waals surface area contributed by atoms with Crippen molar-refractivity contribution in [2.75, 3.05) is 7.11 Å². The molecule has 146 valence electrons. The van der Waals surface area contributed by atoms with Crippen LogP contribution in [0.1, 0.15) is 39.4 Å². The van der Waals surface area contributed by atoms with Crippen LogP contribution in [0.5, 0.6) is 5.75 Å². The summed E-state index contributed by atoms with van der Waals surface area (Å²) in [6.45, 7) is 6.14. The van der Waals surface area contributed by atoms with Crippen molar-refractivity contribution in [2.24, 2.45) is 0 Å². The van der Waals surface area contributed by atoms with Gasteiger partial charge in [0.1, 0.15) is 17.4 Å². The van der Waals surface area contributed by atoms with Crippen molar-refractivity contribution in [2.45, 2.75) is 45.5 Å². The number of aliphatic hydroxyl groups excluding tert-OH is 1. The van der Waals surface area contributed by atoms with Crippen LogP contribution >= 0.6 is 0 Å². The van der Waals surface area contributed by atoms with Crippen molar-refractivity contribution in [3.05, 3.63) is 51.9 Å². The summed E-state index contributed by atoms with van der Waals surface area (Å²) in [5, 5.41) is 21.9. The Balaban J connectivity index is 2.53. The first-order valence-corrected chi connectivity index (χ1v) is 8.44. The summed E-state index contributed by atoms with van der Waals surface area (Å²) in [7, 11) is 1.40. The summed E-state index contributed by atoms with van der Waals surface area (Å²) >= 11 is 0. The van der Waals surface area contributed by atoms with Crippen LogP contribution in [0.3, 0.4) is 0 Å². The van der Waals surface area contributed by atoms with E-state index < -0.39 is 29.4 Å². The second-order valence-electron chi connectivity index (χ2n) is 6.78. The van der Waals surface area contributed by atoms with Crippen LogP contribution < -0.4 is 10.4 Å². The Morgan fingerprint density at radius 3 is 2.52 bits per heavy atom. The predicted octanol–water partition coefficient (Wildman–Crippen LogP) is 2.48. The van der Waals surface area contributed by atoms with Gasteiger partial charge in [-0.2, -0.15) is 0 Å². The highest BCUT2D eigenvalue weighted by molar-refractivity contribution is 5.88. The van der Waals surface area contributed by atoms with Gasteiger partial charge in [-0.15, -0.1) is 0 Å². The zero-order valence-electron chi connectivity index (χ0n) is 16.0. The van der Waals surface area contributed by atoms with E-state index in [1.165, 1.54) is 33.1 Å². The average Bonchev–Trinajstić information content (AvgIpc) is 2.62. The molecule has 0 bridgehead atoms. The Morgan fingerprint density at radius 1 is 1.30 bits per heavy atom. The minimum Gasteiger partial charge on any atom is -0.496 e. The number of carbonyl (C=O) groups is 1. The SMILES string of the molecule is C/C=C(/C)C(=O)O[C@H]([C@@H](O)c1cc2ccc(=O)oc2cc1OC)C(C)(C)O. The molecule has 0 fully saturated rings. The first kappa shape index (κ1) is 20.7. The monoisotopic (exact) mass is 376 g/mol. The van der Waals surface area contributed by atoms with Gasteiger partial charge in [-0.25, -0.2) is 9.59 Å². The molecule has 0 saturated heterocycles. The number of allylic oxidation sites excluding steroid dienone is 1. The second-order valence-corrected chi connectivity index (χ2v) is 6.78. The molecule has 0 aliphatic rings. The normalized spacial score (nSPS) is 14.7. The van der Waals surface area contributed by atoms with Crippen molar-refractivity contribution >= 4 is 16.9 Å². The quantitative estimate of drug-likeness (QED) is 0.453. The van der Waals surface area contributed by atoms with Crippen LogP contribution in [0.2, 0.25) is 0 Å². The number of carbonyl (C=O) groups excluding carboxylic acids is 1. The number of hydrogen-bond acceptors (Lipinski definition) is 7. The molecule has 1 aromatic heterocycles. The van der Waals surface area contributed by atoms with Crippen molar-refractivity contribution in [1.82, 2.24) is 0 Å². The zero-order valence-corrected chi connectivity index (χ0v) is 16.0. The molecule has 27 heavy (non-hydrogen) atoms. The topological polar surface area (TPSA) is 106 Å². The van der Waals surface area contributed by atoms with E-state index in [4.69, 9.17) is 13.9 Å². The first-order chi connectivity index (χ1) is 12.6. The summed E-state index contributed by atoms with van der Waals surface area (Å²) in [4.78, 5) is 23.6. The Kier molecular flexibility index (Phi) is 6.08. The molecule has 1 heterocycles. The highest BCUT2D eigenvalue weighted by atomic mass is 16.6. The molecule has 2 atom stereocenters. The van der Waals surface area contributed by atoms with Gasteiger partial charge in [-0.05, 0) is 39.8 Å². The van der Waals surface area contributed by atoms with E-state index >= 15 is 0 Å². The lowest BCUT2D eigenvalue weighted by molar-refractivity contribution is -0.172. The van der Waals surface area contributed by atoms with Crippen LogP contribution in [0.4, 0.5) is 0 Å². The highest BCUT2D eigenvalue weighted by Gasteiger charge is 2.39.